The van der Waals surface area contributed by atoms with Gasteiger partial charge in [0.05, 0.1) is 17.6 Å². The summed E-state index contributed by atoms with van der Waals surface area (Å²) in [6.45, 7) is 5.80. The van der Waals surface area contributed by atoms with E-state index in [1.807, 2.05) is 13.8 Å². The minimum Gasteiger partial charge on any atom is -0.465 e. The molecule has 0 spiro atoms. The largest absolute Gasteiger partial charge is 0.465 e. The monoisotopic (exact) mass is 398 g/mol. The number of sulfonamides is 1. The van der Waals surface area contributed by atoms with Crippen molar-refractivity contribution in [2.75, 3.05) is 13.7 Å². The molecule has 1 aromatic rings. The number of halogens is 2. The van der Waals surface area contributed by atoms with Gasteiger partial charge in [-0.3, -0.25) is 0 Å². The molecule has 0 aromatic heterocycles. The summed E-state index contributed by atoms with van der Waals surface area (Å²) in [7, 11) is -2.82. The Balaban J connectivity index is 0.00000529. The van der Waals surface area contributed by atoms with Gasteiger partial charge in [-0.05, 0) is 37.5 Å². The maximum Gasteiger partial charge on any atom is 0.339 e. The molecule has 0 aliphatic carbocycles. The zero-order chi connectivity index (χ0) is 17.8. The number of nitrogens with one attached hydrogen (secondary N) is 1. The number of ether oxygens (including phenoxy) is 1. The van der Waals surface area contributed by atoms with Crippen LogP contribution in [0.15, 0.2) is 23.1 Å². The number of nitrogens with two attached hydrogens (primary N) is 1. The fourth-order valence-corrected chi connectivity index (χ4v) is 4.33. The zero-order valence-corrected chi connectivity index (χ0v) is 16.5. The summed E-state index contributed by atoms with van der Waals surface area (Å²) in [4.78, 5) is 11.6. The van der Waals surface area contributed by atoms with Crippen LogP contribution in [0.1, 0.15) is 37.6 Å². The maximum absolute atomic E-state index is 12.7. The fourth-order valence-electron chi connectivity index (χ4n) is 2.44. The van der Waals surface area contributed by atoms with E-state index in [1.54, 1.807) is 6.92 Å². The van der Waals surface area contributed by atoms with Gasteiger partial charge in [0.1, 0.15) is 0 Å². The molecule has 1 rings (SSSR count). The Morgan fingerprint density at radius 1 is 1.42 bits per heavy atom. The molecule has 1 aromatic carbocycles. The number of hydrogen-bond acceptors (Lipinski definition) is 5. The van der Waals surface area contributed by atoms with E-state index in [9.17, 15) is 13.2 Å². The predicted molar refractivity (Wildman–Crippen MR) is 97.3 cm³/mol. The van der Waals surface area contributed by atoms with Crippen molar-refractivity contribution in [2.24, 2.45) is 11.7 Å². The van der Waals surface area contributed by atoms with Crippen LogP contribution in [0.2, 0.25) is 5.02 Å². The van der Waals surface area contributed by atoms with E-state index in [-0.39, 0.29) is 40.4 Å². The molecule has 0 aliphatic rings. The average molecular weight is 399 g/mol. The first-order valence-electron chi connectivity index (χ1n) is 7.16. The summed E-state index contributed by atoms with van der Waals surface area (Å²) < 4.78 is 32.7. The highest BCUT2D eigenvalue weighted by Gasteiger charge is 2.32. The van der Waals surface area contributed by atoms with Gasteiger partial charge >= 0.3 is 5.97 Å². The first kappa shape index (κ1) is 23.1. The summed E-state index contributed by atoms with van der Waals surface area (Å²) >= 11 is 5.89. The van der Waals surface area contributed by atoms with Gasteiger partial charge in [-0.25, -0.2) is 17.9 Å². The van der Waals surface area contributed by atoms with Crippen LogP contribution in [0, 0.1) is 5.92 Å². The van der Waals surface area contributed by atoms with Crippen molar-refractivity contribution < 1.29 is 17.9 Å². The van der Waals surface area contributed by atoms with Crippen LogP contribution in [0.25, 0.3) is 0 Å². The number of rotatable bonds is 7. The van der Waals surface area contributed by atoms with E-state index in [1.165, 1.54) is 25.3 Å². The van der Waals surface area contributed by atoms with Gasteiger partial charge in [0, 0.05) is 17.1 Å². The second-order valence-corrected chi connectivity index (χ2v) is 8.19. The minimum absolute atomic E-state index is 0. The molecule has 3 N–H and O–H groups in total. The second kappa shape index (κ2) is 9.01. The normalized spacial score (nSPS) is 14.0. The third-order valence-electron chi connectivity index (χ3n) is 3.33. The summed E-state index contributed by atoms with van der Waals surface area (Å²) in [5.41, 5.74) is 4.84. The number of benzene rings is 1. The van der Waals surface area contributed by atoms with E-state index < -0.39 is 21.5 Å². The summed E-state index contributed by atoms with van der Waals surface area (Å²) in [5.74, 6) is -0.508. The van der Waals surface area contributed by atoms with E-state index in [0.717, 1.165) is 0 Å². The first-order valence-corrected chi connectivity index (χ1v) is 9.02. The smallest absolute Gasteiger partial charge is 0.339 e. The summed E-state index contributed by atoms with van der Waals surface area (Å²) in [6.07, 6.45) is 0.552. The molecule has 0 radical (unpaired) electrons. The van der Waals surface area contributed by atoms with Crippen LogP contribution >= 0.6 is 24.0 Å². The van der Waals surface area contributed by atoms with E-state index >= 15 is 0 Å². The maximum atomic E-state index is 12.7. The molecule has 6 nitrogen and oxygen atoms in total. The molecule has 24 heavy (non-hydrogen) atoms. The van der Waals surface area contributed by atoms with Crippen LogP contribution in [-0.2, 0) is 14.8 Å². The molecule has 1 atom stereocenters. The number of esters is 1. The zero-order valence-electron chi connectivity index (χ0n) is 14.1. The second-order valence-electron chi connectivity index (χ2n) is 6.10. The molecule has 0 bridgehead atoms. The Morgan fingerprint density at radius 3 is 2.46 bits per heavy atom. The molecule has 0 amide bonds. The lowest BCUT2D eigenvalue weighted by Gasteiger charge is -2.31. The van der Waals surface area contributed by atoms with Crippen LogP contribution in [-0.4, -0.2) is 33.6 Å². The number of methoxy groups -OCH3 is 1. The molecule has 0 aliphatic heterocycles. The van der Waals surface area contributed by atoms with Crippen LogP contribution < -0.4 is 10.5 Å². The Morgan fingerprint density at radius 2 is 2.00 bits per heavy atom. The Hall–Kier alpha value is -0.860. The van der Waals surface area contributed by atoms with Crippen molar-refractivity contribution in [1.29, 1.82) is 0 Å². The van der Waals surface area contributed by atoms with Gasteiger partial charge in [0.25, 0.3) is 0 Å². The van der Waals surface area contributed by atoms with E-state index in [4.69, 9.17) is 17.3 Å². The van der Waals surface area contributed by atoms with Gasteiger partial charge in [-0.2, -0.15) is 0 Å². The van der Waals surface area contributed by atoms with Crippen molar-refractivity contribution in [2.45, 2.75) is 37.6 Å². The Labute approximate surface area is 154 Å². The average Bonchev–Trinajstić information content (AvgIpc) is 2.45. The Bertz CT molecular complexity index is 680. The van der Waals surface area contributed by atoms with Crippen molar-refractivity contribution in [3.05, 3.63) is 28.8 Å². The van der Waals surface area contributed by atoms with Crippen LogP contribution in [0.3, 0.4) is 0 Å². The molecule has 0 saturated heterocycles. The lowest BCUT2D eigenvalue weighted by atomic mass is 9.92. The van der Waals surface area contributed by atoms with Crippen molar-refractivity contribution in [3.63, 3.8) is 0 Å². The SMILES string of the molecule is COC(=O)c1ccc(Cl)cc1S(=O)(=O)NC(C)(CN)CC(C)C.Cl. The number of carbonyl (C=O) groups is 1. The van der Waals surface area contributed by atoms with Gasteiger partial charge in [0.2, 0.25) is 10.0 Å². The topological polar surface area (TPSA) is 98.5 Å². The lowest BCUT2D eigenvalue weighted by molar-refractivity contribution is 0.0596. The fraction of sp³-hybridized carbons (Fsp3) is 0.533. The number of hydrogen-bond donors (Lipinski definition) is 2. The lowest BCUT2D eigenvalue weighted by Crippen LogP contribution is -2.52. The van der Waals surface area contributed by atoms with E-state index in [2.05, 4.69) is 9.46 Å². The summed E-state index contributed by atoms with van der Waals surface area (Å²) in [6, 6.07) is 3.98. The molecule has 1 unspecified atom stereocenters. The van der Waals surface area contributed by atoms with Gasteiger partial charge in [-0.1, -0.05) is 25.4 Å². The standard InChI is InChI=1S/C15H23ClN2O4S.ClH/c1-10(2)8-15(3,9-17)18-23(20,21)13-7-11(16)5-6-12(13)14(19)22-4;/h5-7,10,18H,8-9,17H2,1-4H3;1H. The van der Waals surface area contributed by atoms with E-state index in [0.29, 0.717) is 6.42 Å². The van der Waals surface area contributed by atoms with Crippen molar-refractivity contribution >= 4 is 40.0 Å². The molecule has 0 fully saturated rings. The molecular weight excluding hydrogens is 375 g/mol. The minimum atomic E-state index is -4.00. The highest BCUT2D eigenvalue weighted by atomic mass is 35.5. The van der Waals surface area contributed by atoms with Crippen molar-refractivity contribution in [3.8, 4) is 0 Å². The quantitative estimate of drug-likeness (QED) is 0.687. The molecule has 9 heteroatoms. The summed E-state index contributed by atoms with van der Waals surface area (Å²) in [5, 5.41) is 0.205. The molecular formula is C15H24Cl2N2O4S. The van der Waals surface area contributed by atoms with Crippen LogP contribution in [0.4, 0.5) is 0 Å². The van der Waals surface area contributed by atoms with Crippen LogP contribution in [0.5, 0.6) is 0 Å². The van der Waals surface area contributed by atoms with Gasteiger partial charge in [-0.15, -0.1) is 12.4 Å². The Kier molecular flexibility index (Phi) is 8.69. The third-order valence-corrected chi connectivity index (χ3v) is 5.24. The molecule has 138 valence electrons. The molecule has 0 heterocycles. The molecule has 0 saturated carbocycles. The van der Waals surface area contributed by atoms with Gasteiger partial charge < -0.3 is 10.5 Å². The van der Waals surface area contributed by atoms with Gasteiger partial charge in [0.15, 0.2) is 0 Å². The highest BCUT2D eigenvalue weighted by molar-refractivity contribution is 7.89. The van der Waals surface area contributed by atoms with Crippen molar-refractivity contribution in [1.82, 2.24) is 4.72 Å². The first-order chi connectivity index (χ1) is 10.5. The third kappa shape index (κ3) is 5.89. The predicted octanol–water partition coefficient (Wildman–Crippen LogP) is 2.59. The highest BCUT2D eigenvalue weighted by Crippen LogP contribution is 2.25. The number of carbonyl (C=O) groups excluding carboxylic acids is 1.